The second kappa shape index (κ2) is 7.74. The fourth-order valence-corrected chi connectivity index (χ4v) is 4.18. The van der Waals surface area contributed by atoms with Gasteiger partial charge in [0.2, 0.25) is 0 Å². The standard InChI is InChI=1S/C21H16ClF3N2OS/c22-19-16(9-10-29-19)20(28)26-17-12-27(18-4-2-1-3-15(17)18)11-13-5-7-14(8-6-13)21(23,24)25/h1-10,12,20,26,28H,11H2. The topological polar surface area (TPSA) is 37.2 Å². The second-order valence-electron chi connectivity index (χ2n) is 6.58. The molecule has 0 fully saturated rings. The van der Waals surface area contributed by atoms with Crippen molar-refractivity contribution in [2.24, 2.45) is 0 Å². The maximum absolute atomic E-state index is 12.8. The zero-order chi connectivity index (χ0) is 20.6. The Morgan fingerprint density at radius 2 is 1.79 bits per heavy atom. The first-order valence-corrected chi connectivity index (χ1v) is 10.00. The highest BCUT2D eigenvalue weighted by Crippen LogP contribution is 2.33. The molecule has 0 spiro atoms. The summed E-state index contributed by atoms with van der Waals surface area (Å²) in [5, 5.41) is 16.3. The van der Waals surface area contributed by atoms with E-state index in [-0.39, 0.29) is 0 Å². The van der Waals surface area contributed by atoms with Gasteiger partial charge in [0.05, 0.1) is 16.8 Å². The maximum atomic E-state index is 12.8. The average Bonchev–Trinajstić information content (AvgIpc) is 3.26. The third kappa shape index (κ3) is 4.12. The van der Waals surface area contributed by atoms with Crippen molar-refractivity contribution in [3.8, 4) is 0 Å². The molecule has 2 N–H and O–H groups in total. The van der Waals surface area contributed by atoms with Crippen molar-refractivity contribution in [3.05, 3.63) is 87.2 Å². The average molecular weight is 437 g/mol. The van der Waals surface area contributed by atoms with Crippen molar-refractivity contribution >= 4 is 39.5 Å². The van der Waals surface area contributed by atoms with E-state index in [1.54, 1.807) is 11.4 Å². The van der Waals surface area contributed by atoms with Gasteiger partial charge in [-0.2, -0.15) is 13.2 Å². The van der Waals surface area contributed by atoms with Gasteiger partial charge in [0.1, 0.15) is 4.34 Å². The molecule has 0 aliphatic carbocycles. The Bertz CT molecular complexity index is 1130. The van der Waals surface area contributed by atoms with Gasteiger partial charge in [-0.1, -0.05) is 41.9 Å². The van der Waals surface area contributed by atoms with Gasteiger partial charge in [-0.05, 0) is 35.2 Å². The first-order chi connectivity index (χ1) is 13.8. The zero-order valence-electron chi connectivity index (χ0n) is 14.9. The number of rotatable bonds is 5. The number of fused-ring (bicyclic) bond motifs is 1. The van der Waals surface area contributed by atoms with Gasteiger partial charge in [0, 0.05) is 23.7 Å². The van der Waals surface area contributed by atoms with Crippen molar-refractivity contribution in [2.45, 2.75) is 18.9 Å². The molecule has 0 saturated carbocycles. The van der Waals surface area contributed by atoms with Crippen LogP contribution < -0.4 is 5.32 Å². The summed E-state index contributed by atoms with van der Waals surface area (Å²) >= 11 is 7.45. The van der Waals surface area contributed by atoms with Gasteiger partial charge in [0.15, 0.2) is 6.23 Å². The summed E-state index contributed by atoms with van der Waals surface area (Å²) in [6, 6.07) is 14.5. The van der Waals surface area contributed by atoms with Crippen LogP contribution in [0.25, 0.3) is 10.9 Å². The van der Waals surface area contributed by atoms with Crippen LogP contribution in [0.2, 0.25) is 4.34 Å². The number of nitrogens with one attached hydrogen (secondary N) is 1. The molecule has 2 heterocycles. The Balaban J connectivity index is 1.63. The SMILES string of the molecule is OC(Nc1cn(Cc2ccc(C(F)(F)F)cc2)c2ccccc12)c1ccsc1Cl. The van der Waals surface area contributed by atoms with E-state index in [4.69, 9.17) is 11.6 Å². The number of halogens is 4. The zero-order valence-corrected chi connectivity index (χ0v) is 16.5. The minimum Gasteiger partial charge on any atom is -0.369 e. The molecule has 4 aromatic rings. The number of benzene rings is 2. The number of para-hydroxylation sites is 1. The Morgan fingerprint density at radius 1 is 1.07 bits per heavy atom. The van der Waals surface area contributed by atoms with E-state index in [0.717, 1.165) is 28.6 Å². The molecule has 2 aromatic heterocycles. The minimum atomic E-state index is -4.35. The van der Waals surface area contributed by atoms with Crippen LogP contribution in [0.1, 0.15) is 22.9 Å². The van der Waals surface area contributed by atoms with Gasteiger partial charge in [-0.25, -0.2) is 0 Å². The second-order valence-corrected chi connectivity index (χ2v) is 8.10. The summed E-state index contributed by atoms with van der Waals surface area (Å²) in [6.45, 7) is 0.398. The van der Waals surface area contributed by atoms with Gasteiger partial charge in [-0.15, -0.1) is 11.3 Å². The lowest BCUT2D eigenvalue weighted by atomic mass is 10.1. The lowest BCUT2D eigenvalue weighted by molar-refractivity contribution is -0.137. The Hall–Kier alpha value is -2.48. The Kier molecular flexibility index (Phi) is 5.29. The number of alkyl halides is 3. The molecule has 8 heteroatoms. The molecule has 0 amide bonds. The quantitative estimate of drug-likeness (QED) is 0.349. The van der Waals surface area contributed by atoms with E-state index in [0.29, 0.717) is 22.1 Å². The highest BCUT2D eigenvalue weighted by atomic mass is 35.5. The van der Waals surface area contributed by atoms with E-state index in [2.05, 4.69) is 5.32 Å². The molecule has 0 bridgehead atoms. The van der Waals surface area contributed by atoms with Gasteiger partial charge < -0.3 is 15.0 Å². The predicted molar refractivity (Wildman–Crippen MR) is 110 cm³/mol. The minimum absolute atomic E-state index is 0.398. The molecule has 4 rings (SSSR count). The van der Waals surface area contributed by atoms with Crippen LogP contribution in [0.4, 0.5) is 18.9 Å². The first-order valence-electron chi connectivity index (χ1n) is 8.74. The molecule has 0 aliphatic heterocycles. The van der Waals surface area contributed by atoms with Crippen molar-refractivity contribution in [3.63, 3.8) is 0 Å². The third-order valence-corrected chi connectivity index (χ3v) is 5.86. The molecule has 150 valence electrons. The third-order valence-electron chi connectivity index (χ3n) is 4.66. The first kappa shape index (κ1) is 19.8. The summed E-state index contributed by atoms with van der Waals surface area (Å²) in [5.41, 5.74) is 2.28. The molecule has 1 unspecified atom stereocenters. The molecule has 1 atom stereocenters. The normalized spacial score (nSPS) is 13.0. The summed E-state index contributed by atoms with van der Waals surface area (Å²) in [6.07, 6.45) is -3.49. The summed E-state index contributed by atoms with van der Waals surface area (Å²) in [5.74, 6) is 0. The molecule has 0 aliphatic rings. The molecular formula is C21H16ClF3N2OS. The van der Waals surface area contributed by atoms with Crippen LogP contribution in [0.5, 0.6) is 0 Å². The predicted octanol–water partition coefficient (Wildman–Crippen LogP) is 6.53. The fourth-order valence-electron chi connectivity index (χ4n) is 3.21. The largest absolute Gasteiger partial charge is 0.416 e. The lowest BCUT2D eigenvalue weighted by Gasteiger charge is -2.12. The number of thiophene rings is 1. The van der Waals surface area contributed by atoms with Crippen LogP contribution >= 0.6 is 22.9 Å². The van der Waals surface area contributed by atoms with Crippen LogP contribution in [0.15, 0.2) is 66.2 Å². The van der Waals surface area contributed by atoms with Crippen LogP contribution in [0.3, 0.4) is 0 Å². The van der Waals surface area contributed by atoms with E-state index in [1.807, 2.05) is 35.0 Å². The monoisotopic (exact) mass is 436 g/mol. The lowest BCUT2D eigenvalue weighted by Crippen LogP contribution is -2.08. The maximum Gasteiger partial charge on any atom is 0.416 e. The van der Waals surface area contributed by atoms with Crippen LogP contribution in [-0.4, -0.2) is 9.67 Å². The fraction of sp³-hybridized carbons (Fsp3) is 0.143. The number of aliphatic hydroxyl groups excluding tert-OH is 1. The number of aliphatic hydroxyl groups is 1. The van der Waals surface area contributed by atoms with Crippen molar-refractivity contribution in [1.82, 2.24) is 4.57 Å². The highest BCUT2D eigenvalue weighted by Gasteiger charge is 2.29. The number of anilines is 1. The molecule has 29 heavy (non-hydrogen) atoms. The molecular weight excluding hydrogens is 421 g/mol. The summed E-state index contributed by atoms with van der Waals surface area (Å²) < 4.78 is 40.8. The van der Waals surface area contributed by atoms with E-state index in [1.165, 1.54) is 23.5 Å². The van der Waals surface area contributed by atoms with Crippen molar-refractivity contribution in [2.75, 3.05) is 5.32 Å². The van der Waals surface area contributed by atoms with Crippen molar-refractivity contribution in [1.29, 1.82) is 0 Å². The number of aromatic nitrogens is 1. The highest BCUT2D eigenvalue weighted by molar-refractivity contribution is 7.14. The number of nitrogens with zero attached hydrogens (tertiary/aromatic N) is 1. The molecule has 2 aromatic carbocycles. The van der Waals surface area contributed by atoms with E-state index >= 15 is 0 Å². The Labute approximate surface area is 174 Å². The van der Waals surface area contributed by atoms with Crippen LogP contribution in [-0.2, 0) is 12.7 Å². The summed E-state index contributed by atoms with van der Waals surface area (Å²) in [4.78, 5) is 0. The summed E-state index contributed by atoms with van der Waals surface area (Å²) in [7, 11) is 0. The number of hydrogen-bond donors (Lipinski definition) is 2. The van der Waals surface area contributed by atoms with Gasteiger partial charge in [-0.3, -0.25) is 0 Å². The molecule has 0 saturated heterocycles. The number of hydrogen-bond acceptors (Lipinski definition) is 3. The van der Waals surface area contributed by atoms with Crippen LogP contribution in [0, 0.1) is 0 Å². The van der Waals surface area contributed by atoms with Gasteiger partial charge in [0.25, 0.3) is 0 Å². The van der Waals surface area contributed by atoms with E-state index < -0.39 is 18.0 Å². The van der Waals surface area contributed by atoms with Gasteiger partial charge >= 0.3 is 6.18 Å². The Morgan fingerprint density at radius 3 is 2.45 bits per heavy atom. The van der Waals surface area contributed by atoms with E-state index in [9.17, 15) is 18.3 Å². The molecule has 0 radical (unpaired) electrons. The smallest absolute Gasteiger partial charge is 0.369 e. The molecule has 3 nitrogen and oxygen atoms in total. The van der Waals surface area contributed by atoms with Crippen molar-refractivity contribution < 1.29 is 18.3 Å².